The maximum absolute atomic E-state index is 11.4. The molecule has 0 aliphatic carbocycles. The molecule has 0 aromatic heterocycles. The van der Waals surface area contributed by atoms with Gasteiger partial charge in [-0.1, -0.05) is 57.2 Å². The molecule has 0 spiro atoms. The number of carbonyl (C=O) groups is 1. The van der Waals surface area contributed by atoms with Gasteiger partial charge in [0, 0.05) is 11.6 Å². The Morgan fingerprint density at radius 3 is 2.50 bits per heavy atom. The first-order chi connectivity index (χ1) is 9.57. The van der Waals surface area contributed by atoms with E-state index in [1.165, 1.54) is 6.07 Å². The summed E-state index contributed by atoms with van der Waals surface area (Å²) in [6, 6.07) is 6.11. The van der Waals surface area contributed by atoms with Crippen LogP contribution in [0.25, 0.3) is 0 Å². The summed E-state index contributed by atoms with van der Waals surface area (Å²) in [5.74, 6) is -1.78. The topological polar surface area (TPSA) is 80.4 Å². The number of carboxylic acids is 1. The van der Waals surface area contributed by atoms with E-state index in [4.69, 9.17) is 0 Å². The predicted molar refractivity (Wildman–Crippen MR) is 76.8 cm³/mol. The highest BCUT2D eigenvalue weighted by molar-refractivity contribution is 5.77. The van der Waals surface area contributed by atoms with Crippen molar-refractivity contribution in [3.8, 4) is 0 Å². The van der Waals surface area contributed by atoms with E-state index in [-0.39, 0.29) is 5.69 Å². The Balaban J connectivity index is 2.76. The molecule has 0 aliphatic heterocycles. The SMILES string of the molecule is CCCCCCCC(C(=O)O)c1ccccc1[N+](=O)[O-]. The highest BCUT2D eigenvalue weighted by Crippen LogP contribution is 2.30. The van der Waals surface area contributed by atoms with Gasteiger partial charge in [-0.15, -0.1) is 0 Å². The van der Waals surface area contributed by atoms with Gasteiger partial charge in [-0.05, 0) is 6.42 Å². The van der Waals surface area contributed by atoms with Gasteiger partial charge in [0.15, 0.2) is 0 Å². The Morgan fingerprint density at radius 1 is 1.25 bits per heavy atom. The van der Waals surface area contributed by atoms with Crippen molar-refractivity contribution in [2.75, 3.05) is 0 Å². The van der Waals surface area contributed by atoms with E-state index in [0.29, 0.717) is 12.0 Å². The number of carboxylic acid groups (broad SMARTS) is 1. The summed E-state index contributed by atoms with van der Waals surface area (Å²) in [7, 11) is 0. The summed E-state index contributed by atoms with van der Waals surface area (Å²) >= 11 is 0. The number of nitrogens with zero attached hydrogens (tertiary/aromatic N) is 1. The molecule has 5 heteroatoms. The lowest BCUT2D eigenvalue weighted by Crippen LogP contribution is -2.13. The molecule has 0 bridgehead atoms. The van der Waals surface area contributed by atoms with E-state index in [9.17, 15) is 20.0 Å². The third-order valence-corrected chi connectivity index (χ3v) is 3.40. The molecule has 0 aliphatic rings. The molecule has 1 aromatic carbocycles. The van der Waals surface area contributed by atoms with Crippen LogP contribution >= 0.6 is 0 Å². The predicted octanol–water partition coefficient (Wildman–Crippen LogP) is 4.12. The molecule has 0 fully saturated rings. The Bertz CT molecular complexity index is 459. The van der Waals surface area contributed by atoms with Crippen LogP contribution in [0.2, 0.25) is 0 Å². The van der Waals surface area contributed by atoms with Crippen molar-refractivity contribution in [3.63, 3.8) is 0 Å². The summed E-state index contributed by atoms with van der Waals surface area (Å²) in [6.07, 6.45) is 5.56. The minimum Gasteiger partial charge on any atom is -0.481 e. The van der Waals surface area contributed by atoms with Gasteiger partial charge in [-0.25, -0.2) is 0 Å². The molecule has 0 amide bonds. The van der Waals surface area contributed by atoms with Crippen molar-refractivity contribution in [3.05, 3.63) is 39.9 Å². The molecular formula is C15H21NO4. The molecule has 0 radical (unpaired) electrons. The van der Waals surface area contributed by atoms with Crippen LogP contribution in [0.5, 0.6) is 0 Å². The molecule has 1 aromatic rings. The van der Waals surface area contributed by atoms with Crippen molar-refractivity contribution >= 4 is 11.7 Å². The fraction of sp³-hybridized carbons (Fsp3) is 0.533. The van der Waals surface area contributed by atoms with Gasteiger partial charge in [0.1, 0.15) is 0 Å². The monoisotopic (exact) mass is 279 g/mol. The molecule has 110 valence electrons. The van der Waals surface area contributed by atoms with E-state index in [0.717, 1.165) is 32.1 Å². The van der Waals surface area contributed by atoms with Gasteiger partial charge in [0.2, 0.25) is 0 Å². The van der Waals surface area contributed by atoms with Gasteiger partial charge < -0.3 is 5.11 Å². The molecule has 0 saturated carbocycles. The highest BCUT2D eigenvalue weighted by atomic mass is 16.6. The van der Waals surface area contributed by atoms with E-state index in [2.05, 4.69) is 6.92 Å². The molecule has 5 nitrogen and oxygen atoms in total. The zero-order valence-electron chi connectivity index (χ0n) is 11.7. The van der Waals surface area contributed by atoms with Gasteiger partial charge >= 0.3 is 5.97 Å². The lowest BCUT2D eigenvalue weighted by atomic mass is 9.92. The lowest BCUT2D eigenvalue weighted by molar-refractivity contribution is -0.385. The number of aliphatic carboxylic acids is 1. The van der Waals surface area contributed by atoms with Crippen LogP contribution in [0.4, 0.5) is 5.69 Å². The summed E-state index contributed by atoms with van der Waals surface area (Å²) < 4.78 is 0. The van der Waals surface area contributed by atoms with Gasteiger partial charge in [-0.2, -0.15) is 0 Å². The second kappa shape index (κ2) is 8.30. The summed E-state index contributed by atoms with van der Waals surface area (Å²) in [5.41, 5.74) is 0.203. The first kappa shape index (κ1) is 16.1. The van der Waals surface area contributed by atoms with E-state index < -0.39 is 16.8 Å². The van der Waals surface area contributed by atoms with Crippen molar-refractivity contribution in [1.29, 1.82) is 0 Å². The van der Waals surface area contributed by atoms with E-state index in [1.54, 1.807) is 18.2 Å². The molecular weight excluding hydrogens is 258 g/mol. The van der Waals surface area contributed by atoms with Crippen LogP contribution in [0.1, 0.15) is 56.9 Å². The molecule has 1 rings (SSSR count). The first-order valence-electron chi connectivity index (χ1n) is 7.04. The van der Waals surface area contributed by atoms with Crippen LogP contribution in [0, 0.1) is 10.1 Å². The van der Waals surface area contributed by atoms with Gasteiger partial charge in [-0.3, -0.25) is 14.9 Å². The molecule has 0 heterocycles. The number of benzene rings is 1. The van der Waals surface area contributed by atoms with Crippen molar-refractivity contribution in [1.82, 2.24) is 0 Å². The zero-order valence-corrected chi connectivity index (χ0v) is 11.7. The van der Waals surface area contributed by atoms with Crippen LogP contribution in [-0.2, 0) is 4.79 Å². The maximum Gasteiger partial charge on any atom is 0.311 e. The standard InChI is InChI=1S/C15H21NO4/c1-2-3-4-5-6-10-13(15(17)18)12-9-7-8-11-14(12)16(19)20/h7-9,11,13H,2-6,10H2,1H3,(H,17,18). The van der Waals surface area contributed by atoms with Crippen LogP contribution < -0.4 is 0 Å². The third-order valence-electron chi connectivity index (χ3n) is 3.40. The number of nitro benzene ring substituents is 1. The average Bonchev–Trinajstić information content (AvgIpc) is 2.42. The number of hydrogen-bond donors (Lipinski definition) is 1. The first-order valence-corrected chi connectivity index (χ1v) is 7.04. The number of para-hydroxylation sites is 1. The molecule has 20 heavy (non-hydrogen) atoms. The molecule has 1 atom stereocenters. The van der Waals surface area contributed by atoms with Gasteiger partial charge in [0.05, 0.1) is 10.8 Å². The minimum absolute atomic E-state index is 0.103. The average molecular weight is 279 g/mol. The molecule has 1 N–H and O–H groups in total. The van der Waals surface area contributed by atoms with E-state index in [1.807, 2.05) is 0 Å². The van der Waals surface area contributed by atoms with Gasteiger partial charge in [0.25, 0.3) is 5.69 Å². The minimum atomic E-state index is -0.991. The summed E-state index contributed by atoms with van der Waals surface area (Å²) in [6.45, 7) is 2.12. The van der Waals surface area contributed by atoms with Crippen molar-refractivity contribution in [2.45, 2.75) is 51.4 Å². The maximum atomic E-state index is 11.4. The Labute approximate surface area is 118 Å². The number of nitro groups is 1. The summed E-state index contributed by atoms with van der Waals surface area (Å²) in [4.78, 5) is 21.8. The summed E-state index contributed by atoms with van der Waals surface area (Å²) in [5, 5.41) is 20.3. The zero-order chi connectivity index (χ0) is 15.0. The molecule has 0 saturated heterocycles. The Kier molecular flexibility index (Phi) is 6.70. The Hall–Kier alpha value is -1.91. The van der Waals surface area contributed by atoms with Crippen LogP contribution in [0.3, 0.4) is 0 Å². The lowest BCUT2D eigenvalue weighted by Gasteiger charge is -2.12. The fourth-order valence-electron chi connectivity index (χ4n) is 2.31. The third kappa shape index (κ3) is 4.64. The van der Waals surface area contributed by atoms with E-state index >= 15 is 0 Å². The van der Waals surface area contributed by atoms with Crippen LogP contribution in [-0.4, -0.2) is 16.0 Å². The number of rotatable bonds is 9. The quantitative estimate of drug-likeness (QED) is 0.419. The number of hydrogen-bond acceptors (Lipinski definition) is 3. The fourth-order valence-corrected chi connectivity index (χ4v) is 2.31. The molecule has 1 unspecified atom stereocenters. The number of unbranched alkanes of at least 4 members (excludes halogenated alkanes) is 4. The van der Waals surface area contributed by atoms with Crippen molar-refractivity contribution < 1.29 is 14.8 Å². The normalized spacial score (nSPS) is 12.1. The largest absolute Gasteiger partial charge is 0.481 e. The van der Waals surface area contributed by atoms with Crippen LogP contribution in [0.15, 0.2) is 24.3 Å². The second-order valence-corrected chi connectivity index (χ2v) is 4.91. The van der Waals surface area contributed by atoms with Crippen molar-refractivity contribution in [2.24, 2.45) is 0 Å². The Morgan fingerprint density at radius 2 is 1.90 bits per heavy atom. The highest BCUT2D eigenvalue weighted by Gasteiger charge is 2.26. The second-order valence-electron chi connectivity index (χ2n) is 4.91. The smallest absolute Gasteiger partial charge is 0.311 e.